The minimum Gasteiger partial charge on any atom is -0.493 e. The van der Waals surface area contributed by atoms with E-state index in [9.17, 15) is 27.9 Å². The van der Waals surface area contributed by atoms with Crippen LogP contribution < -0.4 is 14.5 Å². The predicted octanol–water partition coefficient (Wildman–Crippen LogP) is 6.60. The van der Waals surface area contributed by atoms with Gasteiger partial charge in [-0.25, -0.2) is 4.79 Å². The summed E-state index contributed by atoms with van der Waals surface area (Å²) in [6.07, 6.45) is -2.68. The number of rotatable bonds is 7. The first kappa shape index (κ1) is 31.1. The van der Waals surface area contributed by atoms with Crippen molar-refractivity contribution in [2.45, 2.75) is 71.1 Å². The molecule has 12 heteroatoms. The summed E-state index contributed by atoms with van der Waals surface area (Å²) >= 11 is 5.65. The van der Waals surface area contributed by atoms with Crippen molar-refractivity contribution in [1.29, 1.82) is 5.26 Å². The number of benzene rings is 2. The Labute approximate surface area is 248 Å². The number of amides is 2. The number of nitriles is 1. The maximum Gasteiger partial charge on any atom is 0.417 e. The Morgan fingerprint density at radius 2 is 1.90 bits per heavy atom. The number of nitrogens with zero attached hydrogens (tertiary/aromatic N) is 4. The molecule has 2 saturated heterocycles. The molecule has 0 unspecified atom stereocenters. The SMILES string of the molecule is CCc1cc(N2C(=S)N(c3ccc(C#N)c(C(F)(F)F)c3)C(=O)C2(C)C)ccc1OCC[C@H]1CCN(C(=O)O)[C@H](C)C1. The van der Waals surface area contributed by atoms with Crippen molar-refractivity contribution in [2.24, 2.45) is 5.92 Å². The summed E-state index contributed by atoms with van der Waals surface area (Å²) in [5, 5.41) is 18.5. The maximum absolute atomic E-state index is 13.6. The lowest BCUT2D eigenvalue weighted by Gasteiger charge is -2.35. The second-order valence-electron chi connectivity index (χ2n) is 11.2. The molecule has 2 fully saturated rings. The van der Waals surface area contributed by atoms with E-state index in [4.69, 9.17) is 22.2 Å². The molecule has 2 heterocycles. The summed E-state index contributed by atoms with van der Waals surface area (Å²) in [6.45, 7) is 8.18. The fourth-order valence-corrected chi connectivity index (χ4v) is 6.25. The minimum atomic E-state index is -4.78. The van der Waals surface area contributed by atoms with E-state index in [1.54, 1.807) is 36.9 Å². The number of carboxylic acid groups (broad SMARTS) is 1. The third-order valence-corrected chi connectivity index (χ3v) is 8.42. The van der Waals surface area contributed by atoms with Crippen LogP contribution in [0.5, 0.6) is 5.75 Å². The average molecular weight is 603 g/mol. The summed E-state index contributed by atoms with van der Waals surface area (Å²) in [7, 11) is 0. The van der Waals surface area contributed by atoms with Crippen molar-refractivity contribution in [2.75, 3.05) is 23.0 Å². The third-order valence-electron chi connectivity index (χ3n) is 8.05. The van der Waals surface area contributed by atoms with E-state index in [1.807, 2.05) is 19.9 Å². The van der Waals surface area contributed by atoms with Crippen LogP contribution in [0.15, 0.2) is 36.4 Å². The van der Waals surface area contributed by atoms with Gasteiger partial charge in [-0.15, -0.1) is 0 Å². The van der Waals surface area contributed by atoms with E-state index in [2.05, 4.69) is 0 Å². The van der Waals surface area contributed by atoms with Gasteiger partial charge in [0.25, 0.3) is 5.91 Å². The lowest BCUT2D eigenvalue weighted by Crippen LogP contribution is -2.44. The predicted molar refractivity (Wildman–Crippen MR) is 156 cm³/mol. The van der Waals surface area contributed by atoms with Crippen molar-refractivity contribution in [3.63, 3.8) is 0 Å². The Hall–Kier alpha value is -3.85. The highest BCUT2D eigenvalue weighted by Crippen LogP contribution is 2.40. The molecule has 0 spiro atoms. The van der Waals surface area contributed by atoms with Gasteiger partial charge in [-0.1, -0.05) is 6.92 Å². The molecule has 2 aliphatic heterocycles. The zero-order valence-electron chi connectivity index (χ0n) is 23.9. The standard InChI is InChI=1S/C30H33F3N4O4S/c1-5-20-15-23(8-9-25(20)41-13-11-19-10-12-35(28(39)40)18(2)14-19)37-27(42)36(26(38)29(37,3)4)22-7-6-21(17-34)24(16-22)30(31,32)33/h6-9,15-16,18-19H,5,10-14H2,1-4H3,(H,39,40)/t18-,19-/m1/s1. The number of aryl methyl sites for hydroxylation is 1. The minimum absolute atomic E-state index is 0.0281. The summed E-state index contributed by atoms with van der Waals surface area (Å²) in [6, 6.07) is 10.1. The fourth-order valence-electron chi connectivity index (χ4n) is 5.73. The van der Waals surface area contributed by atoms with Crippen LogP contribution in [0.1, 0.15) is 63.6 Å². The van der Waals surface area contributed by atoms with Crippen molar-refractivity contribution in [3.8, 4) is 11.8 Å². The normalized spacial score (nSPS) is 20.6. The molecule has 2 aromatic rings. The second-order valence-corrected chi connectivity index (χ2v) is 11.5. The lowest BCUT2D eigenvalue weighted by atomic mass is 9.89. The smallest absolute Gasteiger partial charge is 0.417 e. The molecule has 2 aliphatic rings. The van der Waals surface area contributed by atoms with Gasteiger partial charge in [-0.05, 0) is 107 Å². The van der Waals surface area contributed by atoms with E-state index >= 15 is 0 Å². The van der Waals surface area contributed by atoms with Crippen molar-refractivity contribution < 1.29 is 32.6 Å². The molecule has 0 radical (unpaired) electrons. The fraction of sp³-hybridized carbons (Fsp3) is 0.467. The molecule has 2 atom stereocenters. The number of likely N-dealkylation sites (tertiary alicyclic amines) is 1. The van der Waals surface area contributed by atoms with Gasteiger partial charge in [0.1, 0.15) is 11.3 Å². The average Bonchev–Trinajstić information content (AvgIpc) is 3.10. The van der Waals surface area contributed by atoms with Crippen LogP contribution in [0, 0.1) is 17.2 Å². The molecule has 2 aromatic carbocycles. The van der Waals surface area contributed by atoms with Crippen molar-refractivity contribution in [3.05, 3.63) is 53.1 Å². The molecular weight excluding hydrogens is 569 g/mol. The number of halogens is 3. The zero-order valence-corrected chi connectivity index (χ0v) is 24.7. The van der Waals surface area contributed by atoms with Crippen molar-refractivity contribution >= 4 is 40.7 Å². The zero-order chi connectivity index (χ0) is 31.0. The number of carbonyl (C=O) groups is 2. The van der Waals surface area contributed by atoms with E-state index in [0.717, 1.165) is 41.9 Å². The number of piperidine rings is 1. The van der Waals surface area contributed by atoms with Gasteiger partial charge in [0.2, 0.25) is 0 Å². The largest absolute Gasteiger partial charge is 0.493 e. The highest BCUT2D eigenvalue weighted by atomic mass is 32.1. The number of hydrogen-bond donors (Lipinski definition) is 1. The summed E-state index contributed by atoms with van der Waals surface area (Å²) in [5.74, 6) is 0.553. The maximum atomic E-state index is 13.6. The lowest BCUT2D eigenvalue weighted by molar-refractivity contribution is -0.137. The van der Waals surface area contributed by atoms with Crippen LogP contribution in [-0.4, -0.2) is 51.9 Å². The molecule has 0 bridgehead atoms. The third kappa shape index (κ3) is 5.88. The molecule has 0 saturated carbocycles. The van der Waals surface area contributed by atoms with E-state index in [0.29, 0.717) is 36.9 Å². The van der Waals surface area contributed by atoms with Gasteiger partial charge in [-0.2, -0.15) is 18.4 Å². The summed E-state index contributed by atoms with van der Waals surface area (Å²) < 4.78 is 47.0. The Balaban J connectivity index is 1.53. The molecule has 2 amide bonds. The van der Waals surface area contributed by atoms with Crippen LogP contribution in [-0.2, 0) is 17.4 Å². The summed E-state index contributed by atoms with van der Waals surface area (Å²) in [4.78, 5) is 29.0. The monoisotopic (exact) mass is 602 g/mol. The van der Waals surface area contributed by atoms with Gasteiger partial charge in [0.05, 0.1) is 29.5 Å². The molecular formula is C30H33F3N4O4S. The highest BCUT2D eigenvalue weighted by Gasteiger charge is 2.50. The number of thiocarbonyl (C=S) groups is 1. The topological polar surface area (TPSA) is 97.1 Å². The molecule has 224 valence electrons. The van der Waals surface area contributed by atoms with Gasteiger partial charge in [-0.3, -0.25) is 9.69 Å². The van der Waals surface area contributed by atoms with Gasteiger partial charge < -0.3 is 19.6 Å². The number of alkyl halides is 3. The quantitative estimate of drug-likeness (QED) is 0.357. The molecule has 42 heavy (non-hydrogen) atoms. The molecule has 0 aliphatic carbocycles. The van der Waals surface area contributed by atoms with Crippen LogP contribution in [0.2, 0.25) is 0 Å². The van der Waals surface area contributed by atoms with E-state index in [-0.39, 0.29) is 16.8 Å². The van der Waals surface area contributed by atoms with Crippen LogP contribution in [0.3, 0.4) is 0 Å². The number of ether oxygens (including phenoxy) is 1. The number of anilines is 2. The Kier molecular flexibility index (Phi) is 8.73. The van der Waals surface area contributed by atoms with E-state index in [1.165, 1.54) is 11.0 Å². The van der Waals surface area contributed by atoms with E-state index < -0.39 is 34.8 Å². The van der Waals surface area contributed by atoms with Gasteiger partial charge >= 0.3 is 12.3 Å². The number of hydrogen-bond acceptors (Lipinski definition) is 5. The van der Waals surface area contributed by atoms with Crippen LogP contribution in [0.25, 0.3) is 0 Å². The first-order valence-corrected chi connectivity index (χ1v) is 14.2. The number of carbonyl (C=O) groups excluding carboxylic acids is 1. The first-order valence-electron chi connectivity index (χ1n) is 13.8. The second kappa shape index (κ2) is 11.8. The summed E-state index contributed by atoms with van der Waals surface area (Å²) in [5.41, 5.74) is -1.45. The molecule has 0 aromatic heterocycles. The first-order chi connectivity index (χ1) is 19.7. The Bertz CT molecular complexity index is 1440. The van der Waals surface area contributed by atoms with Crippen LogP contribution >= 0.6 is 12.2 Å². The molecule has 1 N–H and O–H groups in total. The Morgan fingerprint density at radius 3 is 2.50 bits per heavy atom. The Morgan fingerprint density at radius 1 is 1.21 bits per heavy atom. The molecule has 4 rings (SSSR count). The van der Waals surface area contributed by atoms with Gasteiger partial charge in [0, 0.05) is 18.3 Å². The highest BCUT2D eigenvalue weighted by molar-refractivity contribution is 7.81. The van der Waals surface area contributed by atoms with Crippen molar-refractivity contribution in [1.82, 2.24) is 4.90 Å². The van der Waals surface area contributed by atoms with Gasteiger partial charge in [0.15, 0.2) is 5.11 Å². The van der Waals surface area contributed by atoms with Crippen LogP contribution in [0.4, 0.5) is 29.3 Å². The molecule has 8 nitrogen and oxygen atoms in total.